The van der Waals surface area contributed by atoms with Crippen LogP contribution < -0.4 is 11.1 Å². The summed E-state index contributed by atoms with van der Waals surface area (Å²) in [5.74, 6) is 1.50. The lowest BCUT2D eigenvalue weighted by Crippen LogP contribution is -2.02. The Morgan fingerprint density at radius 2 is 1.37 bits per heavy atom. The number of pyridine rings is 3. The van der Waals surface area contributed by atoms with Crippen molar-refractivity contribution in [2.24, 2.45) is 0 Å². The molecule has 0 unspecified atom stereocenters. The first-order valence-electron chi connectivity index (χ1n) is 9.33. The number of aromatic nitrogens is 3. The number of nitrogens with one attached hydrogen (secondary N) is 1. The number of nitrogens with two attached hydrogens (primary N) is 1. The largest absolute Gasteiger partial charge is 0.384 e. The molecular formula is C22H27N5. The summed E-state index contributed by atoms with van der Waals surface area (Å²) in [5.41, 5.74) is 12.8. The number of anilines is 2. The molecule has 0 aliphatic carbocycles. The van der Waals surface area contributed by atoms with Crippen molar-refractivity contribution < 1.29 is 0 Å². The van der Waals surface area contributed by atoms with Crippen LogP contribution in [0, 0.1) is 13.8 Å². The third-order valence-electron chi connectivity index (χ3n) is 4.51. The van der Waals surface area contributed by atoms with Crippen molar-refractivity contribution in [3.63, 3.8) is 0 Å². The SMILES string of the molecule is CNc1cc(C)cc(CCc2cncc(CCc3cc(C)cc(N)n3)c2)n1. The molecule has 3 heterocycles. The van der Waals surface area contributed by atoms with Gasteiger partial charge in [0.2, 0.25) is 0 Å². The van der Waals surface area contributed by atoms with Crippen LogP contribution in [0.3, 0.4) is 0 Å². The Hall–Kier alpha value is -2.95. The Balaban J connectivity index is 1.62. The average Bonchev–Trinajstić information content (AvgIpc) is 2.64. The van der Waals surface area contributed by atoms with E-state index in [1.807, 2.05) is 32.4 Å². The van der Waals surface area contributed by atoms with Crippen LogP contribution in [0.25, 0.3) is 0 Å². The molecule has 0 aromatic carbocycles. The summed E-state index contributed by atoms with van der Waals surface area (Å²) in [6, 6.07) is 10.4. The molecule has 0 saturated carbocycles. The van der Waals surface area contributed by atoms with Crippen LogP contribution in [0.1, 0.15) is 33.6 Å². The van der Waals surface area contributed by atoms with Gasteiger partial charge in [0.1, 0.15) is 11.6 Å². The fourth-order valence-corrected chi connectivity index (χ4v) is 3.25. The first kappa shape index (κ1) is 18.8. The number of nitrogen functional groups attached to an aromatic ring is 1. The molecule has 0 bridgehead atoms. The number of aryl methyl sites for hydroxylation is 6. The second-order valence-corrected chi connectivity index (χ2v) is 7.03. The van der Waals surface area contributed by atoms with E-state index >= 15 is 0 Å². The summed E-state index contributed by atoms with van der Waals surface area (Å²) in [6.45, 7) is 4.14. The van der Waals surface area contributed by atoms with Crippen LogP contribution in [0.5, 0.6) is 0 Å². The van der Waals surface area contributed by atoms with Gasteiger partial charge in [0, 0.05) is 30.8 Å². The van der Waals surface area contributed by atoms with Gasteiger partial charge in [-0.15, -0.1) is 0 Å². The van der Waals surface area contributed by atoms with Crippen LogP contribution >= 0.6 is 0 Å². The molecule has 3 aromatic heterocycles. The molecule has 3 N–H and O–H groups in total. The van der Waals surface area contributed by atoms with E-state index in [0.717, 1.165) is 48.5 Å². The first-order chi connectivity index (χ1) is 13.0. The fourth-order valence-electron chi connectivity index (χ4n) is 3.25. The Morgan fingerprint density at radius 1 is 0.778 bits per heavy atom. The number of hydrogen-bond acceptors (Lipinski definition) is 5. The molecule has 3 rings (SSSR count). The molecule has 5 heteroatoms. The van der Waals surface area contributed by atoms with E-state index in [1.165, 1.54) is 16.7 Å². The third-order valence-corrected chi connectivity index (χ3v) is 4.51. The van der Waals surface area contributed by atoms with Gasteiger partial charge in [-0.3, -0.25) is 4.98 Å². The molecule has 0 radical (unpaired) electrons. The highest BCUT2D eigenvalue weighted by atomic mass is 15.0. The molecular weight excluding hydrogens is 334 g/mol. The summed E-state index contributed by atoms with van der Waals surface area (Å²) in [6.07, 6.45) is 7.48. The molecule has 140 valence electrons. The molecule has 5 nitrogen and oxygen atoms in total. The molecule has 0 aliphatic heterocycles. The number of rotatable bonds is 7. The lowest BCUT2D eigenvalue weighted by molar-refractivity contribution is 0.879. The standard InChI is InChI=1S/C22H27N5/c1-15-8-19(26-21(23)10-15)6-4-17-12-18(14-25-13-17)5-7-20-9-16(2)11-22(24-3)27-20/h8-14H,4-7H2,1-3H3,(H2,23,26)(H,24,27). The Bertz CT molecular complexity index is 900. The van der Waals surface area contributed by atoms with E-state index in [4.69, 9.17) is 5.73 Å². The van der Waals surface area contributed by atoms with Crippen LogP contribution in [-0.2, 0) is 25.7 Å². The van der Waals surface area contributed by atoms with Crippen molar-refractivity contribution in [3.05, 3.63) is 76.4 Å². The second-order valence-electron chi connectivity index (χ2n) is 7.03. The fraction of sp³-hybridized carbons (Fsp3) is 0.318. The maximum atomic E-state index is 5.84. The van der Waals surface area contributed by atoms with Crippen LogP contribution in [0.15, 0.2) is 42.7 Å². The second kappa shape index (κ2) is 8.62. The predicted molar refractivity (Wildman–Crippen MR) is 111 cm³/mol. The maximum absolute atomic E-state index is 5.84. The summed E-state index contributed by atoms with van der Waals surface area (Å²) in [5, 5.41) is 3.12. The van der Waals surface area contributed by atoms with Gasteiger partial charge >= 0.3 is 0 Å². The summed E-state index contributed by atoms with van der Waals surface area (Å²) < 4.78 is 0. The lowest BCUT2D eigenvalue weighted by Gasteiger charge is -2.08. The molecule has 0 fully saturated rings. The molecule has 0 amide bonds. The zero-order valence-electron chi connectivity index (χ0n) is 16.3. The van der Waals surface area contributed by atoms with Gasteiger partial charge < -0.3 is 11.1 Å². The minimum Gasteiger partial charge on any atom is -0.384 e. The Kier molecular flexibility index (Phi) is 6.01. The average molecular weight is 361 g/mol. The van der Waals surface area contributed by atoms with Gasteiger partial charge in [-0.1, -0.05) is 6.07 Å². The first-order valence-corrected chi connectivity index (χ1v) is 9.33. The summed E-state index contributed by atoms with van der Waals surface area (Å²) >= 11 is 0. The van der Waals surface area contributed by atoms with E-state index in [9.17, 15) is 0 Å². The minimum absolute atomic E-state index is 0.587. The molecule has 3 aromatic rings. The maximum Gasteiger partial charge on any atom is 0.126 e. The third kappa shape index (κ3) is 5.51. The highest BCUT2D eigenvalue weighted by molar-refractivity contribution is 5.39. The van der Waals surface area contributed by atoms with Crippen molar-refractivity contribution >= 4 is 11.6 Å². The smallest absolute Gasteiger partial charge is 0.126 e. The molecule has 0 aliphatic rings. The minimum atomic E-state index is 0.587. The van der Waals surface area contributed by atoms with E-state index < -0.39 is 0 Å². The van der Waals surface area contributed by atoms with Crippen molar-refractivity contribution in [1.29, 1.82) is 0 Å². The van der Waals surface area contributed by atoms with Gasteiger partial charge in [-0.25, -0.2) is 9.97 Å². The molecule has 0 atom stereocenters. The normalized spacial score (nSPS) is 10.8. The van der Waals surface area contributed by atoms with Gasteiger partial charge in [0.15, 0.2) is 0 Å². The number of nitrogens with zero attached hydrogens (tertiary/aromatic N) is 3. The molecule has 27 heavy (non-hydrogen) atoms. The molecule has 0 spiro atoms. The van der Waals surface area contributed by atoms with Crippen LogP contribution in [0.4, 0.5) is 11.6 Å². The number of hydrogen-bond donors (Lipinski definition) is 2. The molecule has 0 saturated heterocycles. The monoisotopic (exact) mass is 361 g/mol. The summed E-state index contributed by atoms with van der Waals surface area (Å²) in [4.78, 5) is 13.5. The predicted octanol–water partition coefficient (Wildman–Crippen LogP) is 3.68. The Morgan fingerprint density at radius 3 is 1.96 bits per heavy atom. The van der Waals surface area contributed by atoms with Crippen molar-refractivity contribution in [1.82, 2.24) is 15.0 Å². The van der Waals surface area contributed by atoms with Crippen LogP contribution in [0.2, 0.25) is 0 Å². The van der Waals surface area contributed by atoms with Crippen molar-refractivity contribution in [2.45, 2.75) is 39.5 Å². The van der Waals surface area contributed by atoms with Gasteiger partial charge in [-0.05, 0) is 86.1 Å². The zero-order valence-corrected chi connectivity index (χ0v) is 16.3. The topological polar surface area (TPSA) is 76.7 Å². The quantitative estimate of drug-likeness (QED) is 0.671. The van der Waals surface area contributed by atoms with Crippen molar-refractivity contribution in [2.75, 3.05) is 18.1 Å². The lowest BCUT2D eigenvalue weighted by atomic mass is 10.0. The van der Waals surface area contributed by atoms with Gasteiger partial charge in [-0.2, -0.15) is 0 Å². The van der Waals surface area contributed by atoms with E-state index in [2.05, 4.69) is 51.5 Å². The van der Waals surface area contributed by atoms with Gasteiger partial charge in [0.25, 0.3) is 0 Å². The highest BCUT2D eigenvalue weighted by Crippen LogP contribution is 2.14. The Labute approximate surface area is 161 Å². The van der Waals surface area contributed by atoms with Crippen LogP contribution in [-0.4, -0.2) is 22.0 Å². The highest BCUT2D eigenvalue weighted by Gasteiger charge is 2.04. The summed E-state index contributed by atoms with van der Waals surface area (Å²) in [7, 11) is 1.90. The zero-order chi connectivity index (χ0) is 19.2. The van der Waals surface area contributed by atoms with E-state index in [0.29, 0.717) is 5.82 Å². The van der Waals surface area contributed by atoms with Crippen molar-refractivity contribution in [3.8, 4) is 0 Å². The van der Waals surface area contributed by atoms with E-state index in [-0.39, 0.29) is 0 Å². The van der Waals surface area contributed by atoms with Gasteiger partial charge in [0.05, 0.1) is 0 Å². The van der Waals surface area contributed by atoms with E-state index in [1.54, 1.807) is 0 Å².